The van der Waals surface area contributed by atoms with Gasteiger partial charge in [0.15, 0.2) is 0 Å². The van der Waals surface area contributed by atoms with Crippen LogP contribution >= 0.6 is 15.9 Å². The number of amides is 1. The minimum Gasteiger partial charge on any atom is -0.493 e. The number of halogens is 1. The van der Waals surface area contributed by atoms with Crippen molar-refractivity contribution in [3.63, 3.8) is 0 Å². The molecule has 4 heteroatoms. The SMILES string of the molecule is O=C(NCC1CCC(Br)C1)C1CCOc2ccccc21. The molecule has 3 nitrogen and oxygen atoms in total. The molecular weight excluding hydrogens is 318 g/mol. The summed E-state index contributed by atoms with van der Waals surface area (Å²) in [6.45, 7) is 1.43. The number of carbonyl (C=O) groups is 1. The average molecular weight is 338 g/mol. The third kappa shape index (κ3) is 3.00. The van der Waals surface area contributed by atoms with Crippen LogP contribution in [0.15, 0.2) is 24.3 Å². The Balaban J connectivity index is 1.60. The van der Waals surface area contributed by atoms with Gasteiger partial charge in [-0.3, -0.25) is 4.79 Å². The van der Waals surface area contributed by atoms with E-state index in [2.05, 4.69) is 21.2 Å². The van der Waals surface area contributed by atoms with E-state index in [1.807, 2.05) is 24.3 Å². The van der Waals surface area contributed by atoms with Crippen molar-refractivity contribution in [2.24, 2.45) is 5.92 Å². The molecule has 1 saturated carbocycles. The van der Waals surface area contributed by atoms with Gasteiger partial charge < -0.3 is 10.1 Å². The number of para-hydroxylation sites is 1. The summed E-state index contributed by atoms with van der Waals surface area (Å²) in [5.41, 5.74) is 1.03. The zero-order valence-electron chi connectivity index (χ0n) is 11.5. The molecule has 0 bridgehead atoms. The van der Waals surface area contributed by atoms with Gasteiger partial charge in [0.1, 0.15) is 5.75 Å². The van der Waals surface area contributed by atoms with E-state index in [-0.39, 0.29) is 11.8 Å². The first kappa shape index (κ1) is 13.9. The fraction of sp³-hybridized carbons (Fsp3) is 0.562. The standard InChI is InChI=1S/C16H20BrNO2/c17-12-6-5-11(9-12)10-18-16(19)14-7-8-20-15-4-2-1-3-13(14)15/h1-4,11-12,14H,5-10H2,(H,18,19). The van der Waals surface area contributed by atoms with Crippen LogP contribution in [0.3, 0.4) is 0 Å². The van der Waals surface area contributed by atoms with Crippen LogP contribution in [-0.4, -0.2) is 23.9 Å². The van der Waals surface area contributed by atoms with Crippen molar-refractivity contribution in [2.45, 2.75) is 36.4 Å². The zero-order chi connectivity index (χ0) is 13.9. The highest BCUT2D eigenvalue weighted by molar-refractivity contribution is 9.09. The van der Waals surface area contributed by atoms with Crippen molar-refractivity contribution in [2.75, 3.05) is 13.2 Å². The minimum absolute atomic E-state index is 0.0545. The average Bonchev–Trinajstić information content (AvgIpc) is 2.90. The van der Waals surface area contributed by atoms with E-state index in [0.717, 1.165) is 24.3 Å². The quantitative estimate of drug-likeness (QED) is 0.860. The van der Waals surface area contributed by atoms with E-state index in [9.17, 15) is 4.79 Å². The number of fused-ring (bicyclic) bond motifs is 1. The third-order valence-electron chi connectivity index (χ3n) is 4.32. The number of rotatable bonds is 3. The van der Waals surface area contributed by atoms with Crippen molar-refractivity contribution >= 4 is 21.8 Å². The van der Waals surface area contributed by atoms with Crippen molar-refractivity contribution in [1.29, 1.82) is 0 Å². The minimum atomic E-state index is -0.0545. The fourth-order valence-electron chi connectivity index (χ4n) is 3.18. The normalized spacial score (nSPS) is 28.6. The first-order valence-corrected chi connectivity index (χ1v) is 8.29. The maximum absolute atomic E-state index is 12.4. The van der Waals surface area contributed by atoms with Gasteiger partial charge in [-0.15, -0.1) is 0 Å². The molecule has 20 heavy (non-hydrogen) atoms. The summed E-state index contributed by atoms with van der Waals surface area (Å²) in [7, 11) is 0. The molecule has 1 fully saturated rings. The number of alkyl halides is 1. The van der Waals surface area contributed by atoms with Gasteiger partial charge in [-0.2, -0.15) is 0 Å². The van der Waals surface area contributed by atoms with Crippen molar-refractivity contribution < 1.29 is 9.53 Å². The Morgan fingerprint density at radius 3 is 2.95 bits per heavy atom. The number of benzene rings is 1. The second-order valence-corrected chi connectivity index (χ2v) is 7.04. The van der Waals surface area contributed by atoms with E-state index >= 15 is 0 Å². The largest absolute Gasteiger partial charge is 0.493 e. The van der Waals surface area contributed by atoms with Crippen LogP contribution in [0, 0.1) is 5.92 Å². The summed E-state index contributed by atoms with van der Waals surface area (Å²) >= 11 is 3.65. The van der Waals surface area contributed by atoms with Crippen LogP contribution in [0.4, 0.5) is 0 Å². The first-order chi connectivity index (χ1) is 9.74. The van der Waals surface area contributed by atoms with Crippen LogP contribution in [-0.2, 0) is 4.79 Å². The predicted octanol–water partition coefficient (Wildman–Crippen LogP) is 3.23. The smallest absolute Gasteiger partial charge is 0.227 e. The molecule has 0 saturated heterocycles. The molecule has 1 heterocycles. The van der Waals surface area contributed by atoms with Gasteiger partial charge in [-0.25, -0.2) is 0 Å². The second-order valence-electron chi connectivity index (χ2n) is 5.75. The van der Waals surface area contributed by atoms with Gasteiger partial charge in [0, 0.05) is 16.9 Å². The van der Waals surface area contributed by atoms with Gasteiger partial charge >= 0.3 is 0 Å². The molecule has 1 aromatic rings. The van der Waals surface area contributed by atoms with Crippen molar-refractivity contribution in [1.82, 2.24) is 5.32 Å². The fourth-order valence-corrected chi connectivity index (χ4v) is 3.97. The highest BCUT2D eigenvalue weighted by Crippen LogP contribution is 2.34. The molecule has 3 unspecified atom stereocenters. The first-order valence-electron chi connectivity index (χ1n) is 7.37. The lowest BCUT2D eigenvalue weighted by molar-refractivity contribution is -0.123. The Kier molecular flexibility index (Phi) is 4.29. The number of hydrogen-bond donors (Lipinski definition) is 1. The van der Waals surface area contributed by atoms with E-state index < -0.39 is 0 Å². The van der Waals surface area contributed by atoms with Crippen LogP contribution in [0.5, 0.6) is 5.75 Å². The summed E-state index contributed by atoms with van der Waals surface area (Å²) < 4.78 is 5.61. The lowest BCUT2D eigenvalue weighted by atomic mass is 9.92. The number of carbonyl (C=O) groups excluding carboxylic acids is 1. The van der Waals surface area contributed by atoms with E-state index in [1.165, 1.54) is 19.3 Å². The van der Waals surface area contributed by atoms with Crippen LogP contribution < -0.4 is 10.1 Å². The zero-order valence-corrected chi connectivity index (χ0v) is 13.1. The Morgan fingerprint density at radius 2 is 2.15 bits per heavy atom. The summed E-state index contributed by atoms with van der Waals surface area (Å²) in [4.78, 5) is 13.1. The molecule has 2 aliphatic rings. The predicted molar refractivity (Wildman–Crippen MR) is 82.4 cm³/mol. The van der Waals surface area contributed by atoms with Gasteiger partial charge in [0.2, 0.25) is 5.91 Å². The molecule has 0 spiro atoms. The van der Waals surface area contributed by atoms with Crippen LogP contribution in [0.25, 0.3) is 0 Å². The van der Waals surface area contributed by atoms with E-state index in [4.69, 9.17) is 4.74 Å². The molecule has 3 atom stereocenters. The molecule has 0 radical (unpaired) electrons. The van der Waals surface area contributed by atoms with Gasteiger partial charge in [0.25, 0.3) is 0 Å². The lowest BCUT2D eigenvalue weighted by Gasteiger charge is -2.25. The molecule has 1 aliphatic heterocycles. The summed E-state index contributed by atoms with van der Waals surface area (Å²) in [6.07, 6.45) is 4.38. The molecule has 1 N–H and O–H groups in total. The molecule has 1 aromatic carbocycles. The number of nitrogens with one attached hydrogen (secondary N) is 1. The van der Waals surface area contributed by atoms with Gasteiger partial charge in [-0.1, -0.05) is 34.1 Å². The van der Waals surface area contributed by atoms with Gasteiger partial charge in [0.05, 0.1) is 12.5 Å². The van der Waals surface area contributed by atoms with Gasteiger partial charge in [-0.05, 0) is 37.7 Å². The molecule has 1 amide bonds. The van der Waals surface area contributed by atoms with E-state index in [0.29, 0.717) is 17.4 Å². The van der Waals surface area contributed by atoms with Crippen molar-refractivity contribution in [3.05, 3.63) is 29.8 Å². The van der Waals surface area contributed by atoms with Crippen LogP contribution in [0.1, 0.15) is 37.2 Å². The Bertz CT molecular complexity index is 491. The van der Waals surface area contributed by atoms with Crippen molar-refractivity contribution in [3.8, 4) is 5.75 Å². The monoisotopic (exact) mass is 337 g/mol. The molecule has 108 valence electrons. The maximum Gasteiger partial charge on any atom is 0.227 e. The van der Waals surface area contributed by atoms with Crippen LogP contribution in [0.2, 0.25) is 0 Å². The number of ether oxygens (including phenoxy) is 1. The molecule has 0 aromatic heterocycles. The summed E-state index contributed by atoms with van der Waals surface area (Å²) in [6, 6.07) is 7.87. The topological polar surface area (TPSA) is 38.3 Å². The summed E-state index contributed by atoms with van der Waals surface area (Å²) in [5, 5.41) is 3.14. The highest BCUT2D eigenvalue weighted by Gasteiger charge is 2.28. The number of hydrogen-bond acceptors (Lipinski definition) is 2. The Labute approximate surface area is 128 Å². The van der Waals surface area contributed by atoms with E-state index in [1.54, 1.807) is 0 Å². The maximum atomic E-state index is 12.4. The Hall–Kier alpha value is -1.03. The molecule has 3 rings (SSSR count). The Morgan fingerprint density at radius 1 is 1.30 bits per heavy atom. The summed E-state index contributed by atoms with van der Waals surface area (Å²) in [5.74, 6) is 1.58. The molecule has 1 aliphatic carbocycles. The third-order valence-corrected chi connectivity index (χ3v) is 5.15. The second kappa shape index (κ2) is 6.17. The highest BCUT2D eigenvalue weighted by atomic mass is 79.9. The molecular formula is C16H20BrNO2. The lowest BCUT2D eigenvalue weighted by Crippen LogP contribution is -2.35.